The van der Waals surface area contributed by atoms with Gasteiger partial charge in [-0.05, 0) is 58.9 Å². The van der Waals surface area contributed by atoms with Crippen molar-refractivity contribution in [1.82, 2.24) is 0 Å². The highest BCUT2D eigenvalue weighted by molar-refractivity contribution is 5.88. The highest BCUT2D eigenvalue weighted by Crippen LogP contribution is 2.52. The molecule has 0 saturated heterocycles. The van der Waals surface area contributed by atoms with Crippen LogP contribution in [0.5, 0.6) is 0 Å². The van der Waals surface area contributed by atoms with Crippen molar-refractivity contribution in [1.29, 1.82) is 0 Å². The molecule has 118 valence electrons. The van der Waals surface area contributed by atoms with Crippen LogP contribution >= 0.6 is 0 Å². The molecule has 1 nitrogen and oxygen atoms in total. The number of nitrogens with zero attached hydrogens (tertiary/aromatic N) is 1. The van der Waals surface area contributed by atoms with Gasteiger partial charge in [-0.1, -0.05) is 38.1 Å². The van der Waals surface area contributed by atoms with E-state index in [0.717, 1.165) is 6.42 Å². The van der Waals surface area contributed by atoms with Crippen LogP contribution in [-0.2, 0) is 18.9 Å². The third-order valence-electron chi connectivity index (χ3n) is 6.15. The minimum Gasteiger partial charge on any atom is -0.201 e. The maximum absolute atomic E-state index is 2.48. The molecule has 0 radical (unpaired) electrons. The van der Waals surface area contributed by atoms with E-state index in [-0.39, 0.29) is 5.41 Å². The Labute approximate surface area is 143 Å². The lowest BCUT2D eigenvalue weighted by molar-refractivity contribution is -0.660. The van der Waals surface area contributed by atoms with Crippen molar-refractivity contribution < 1.29 is 4.57 Å². The van der Waals surface area contributed by atoms with E-state index in [2.05, 4.69) is 81.0 Å². The van der Waals surface area contributed by atoms with Gasteiger partial charge in [-0.25, -0.2) is 4.57 Å². The summed E-state index contributed by atoms with van der Waals surface area (Å²) in [5.41, 5.74) is 13.2. The molecule has 0 unspecified atom stereocenters. The van der Waals surface area contributed by atoms with Crippen molar-refractivity contribution in [2.75, 3.05) is 0 Å². The average molecular weight is 312 g/mol. The SMILES string of the molecule is Cc1c2c(cc3c1-c1c(ccc[n+]1C)C3(C)C)-c1ccccc1C2. The first-order chi connectivity index (χ1) is 11.5. The van der Waals surface area contributed by atoms with E-state index in [9.17, 15) is 0 Å². The fraction of sp³-hybridized carbons (Fsp3) is 0.261. The Bertz CT molecular complexity index is 1020. The second-order valence-electron chi connectivity index (χ2n) is 7.79. The van der Waals surface area contributed by atoms with Crippen molar-refractivity contribution in [2.45, 2.75) is 32.6 Å². The molecule has 2 aromatic carbocycles. The molecule has 2 aliphatic rings. The van der Waals surface area contributed by atoms with E-state index in [0.29, 0.717) is 0 Å². The van der Waals surface area contributed by atoms with Gasteiger partial charge in [0.1, 0.15) is 7.05 Å². The van der Waals surface area contributed by atoms with E-state index >= 15 is 0 Å². The Morgan fingerprint density at radius 3 is 2.58 bits per heavy atom. The highest BCUT2D eigenvalue weighted by Gasteiger charge is 2.43. The molecule has 1 aromatic heterocycles. The molecule has 0 fully saturated rings. The fourth-order valence-electron chi connectivity index (χ4n) is 4.82. The second kappa shape index (κ2) is 4.36. The van der Waals surface area contributed by atoms with Crippen molar-refractivity contribution in [3.05, 3.63) is 76.5 Å². The van der Waals surface area contributed by atoms with Crippen LogP contribution in [0.15, 0.2) is 48.7 Å². The zero-order chi connectivity index (χ0) is 16.6. The molecule has 0 N–H and O–H groups in total. The number of hydrogen-bond acceptors (Lipinski definition) is 0. The number of pyridine rings is 1. The zero-order valence-electron chi connectivity index (χ0n) is 14.8. The van der Waals surface area contributed by atoms with E-state index in [1.54, 1.807) is 0 Å². The summed E-state index contributed by atoms with van der Waals surface area (Å²) in [4.78, 5) is 0. The molecular formula is C23H22N+. The molecule has 0 amide bonds. The van der Waals surface area contributed by atoms with Crippen molar-refractivity contribution in [3.8, 4) is 22.4 Å². The molecule has 0 aliphatic heterocycles. The van der Waals surface area contributed by atoms with Crippen molar-refractivity contribution in [2.24, 2.45) is 7.05 Å². The van der Waals surface area contributed by atoms with E-state index in [1.807, 2.05) is 0 Å². The Morgan fingerprint density at radius 2 is 1.75 bits per heavy atom. The van der Waals surface area contributed by atoms with Gasteiger partial charge in [0.2, 0.25) is 5.69 Å². The topological polar surface area (TPSA) is 3.88 Å². The Hall–Kier alpha value is -2.41. The van der Waals surface area contributed by atoms with Crippen LogP contribution in [0.2, 0.25) is 0 Å². The summed E-state index contributed by atoms with van der Waals surface area (Å²) in [5.74, 6) is 0. The Balaban J connectivity index is 1.89. The van der Waals surface area contributed by atoms with E-state index in [1.165, 1.54) is 50.2 Å². The molecule has 0 saturated carbocycles. The molecular weight excluding hydrogens is 290 g/mol. The summed E-state index contributed by atoms with van der Waals surface area (Å²) >= 11 is 0. The van der Waals surface area contributed by atoms with Gasteiger partial charge >= 0.3 is 0 Å². The highest BCUT2D eigenvalue weighted by atomic mass is 14.9. The number of fused-ring (bicyclic) bond motifs is 6. The standard InChI is InChI=1S/C23H22N/c1-14-17-12-15-8-5-6-9-16(15)18(17)13-20-21(14)22-19(23(20,2)3)10-7-11-24(22)4/h5-11,13H,12H2,1-4H3/q+1. The van der Waals surface area contributed by atoms with Gasteiger partial charge in [-0.15, -0.1) is 0 Å². The monoisotopic (exact) mass is 312 g/mol. The number of rotatable bonds is 0. The lowest BCUT2D eigenvalue weighted by Gasteiger charge is -2.21. The smallest absolute Gasteiger partial charge is 0.201 e. The molecule has 0 bridgehead atoms. The molecule has 5 rings (SSSR count). The molecule has 1 heteroatoms. The number of aromatic nitrogens is 1. The predicted molar refractivity (Wildman–Crippen MR) is 98.2 cm³/mol. The second-order valence-corrected chi connectivity index (χ2v) is 7.79. The summed E-state index contributed by atoms with van der Waals surface area (Å²) in [7, 11) is 2.17. The van der Waals surface area contributed by atoms with Crippen LogP contribution in [-0.4, -0.2) is 0 Å². The predicted octanol–water partition coefficient (Wildman–Crippen LogP) is 4.70. The van der Waals surface area contributed by atoms with Crippen molar-refractivity contribution >= 4 is 0 Å². The molecule has 0 atom stereocenters. The molecule has 24 heavy (non-hydrogen) atoms. The lowest BCUT2D eigenvalue weighted by atomic mass is 9.81. The average Bonchev–Trinajstić information content (AvgIpc) is 3.04. The minimum atomic E-state index is 0.0566. The summed E-state index contributed by atoms with van der Waals surface area (Å²) in [6, 6.07) is 15.8. The summed E-state index contributed by atoms with van der Waals surface area (Å²) < 4.78 is 2.30. The van der Waals surface area contributed by atoms with Crippen LogP contribution in [0, 0.1) is 6.92 Å². The third-order valence-corrected chi connectivity index (χ3v) is 6.15. The zero-order valence-corrected chi connectivity index (χ0v) is 14.8. The lowest BCUT2D eigenvalue weighted by Crippen LogP contribution is -2.31. The number of benzene rings is 2. The maximum atomic E-state index is 2.48. The molecule has 3 aromatic rings. The summed E-state index contributed by atoms with van der Waals surface area (Å²) in [6.45, 7) is 7.05. The quantitative estimate of drug-likeness (QED) is 0.414. The maximum Gasteiger partial charge on any atom is 0.216 e. The molecule has 2 aliphatic carbocycles. The first-order valence-electron chi connectivity index (χ1n) is 8.75. The van der Waals surface area contributed by atoms with Gasteiger partial charge in [-0.2, -0.15) is 0 Å². The number of hydrogen-bond donors (Lipinski definition) is 0. The Kier molecular flexibility index (Phi) is 2.54. The van der Waals surface area contributed by atoms with Gasteiger partial charge in [0.25, 0.3) is 0 Å². The largest absolute Gasteiger partial charge is 0.216 e. The van der Waals surface area contributed by atoms with Gasteiger partial charge < -0.3 is 0 Å². The number of aryl methyl sites for hydroxylation is 1. The third kappa shape index (κ3) is 1.53. The van der Waals surface area contributed by atoms with Crippen LogP contribution in [0.4, 0.5) is 0 Å². The Morgan fingerprint density at radius 1 is 0.958 bits per heavy atom. The molecule has 1 heterocycles. The first-order valence-corrected chi connectivity index (χ1v) is 8.75. The van der Waals surface area contributed by atoms with Gasteiger partial charge in [-0.3, -0.25) is 0 Å². The van der Waals surface area contributed by atoms with Crippen LogP contribution < -0.4 is 4.57 Å². The minimum absolute atomic E-state index is 0.0566. The van der Waals surface area contributed by atoms with Gasteiger partial charge in [0, 0.05) is 17.0 Å². The van der Waals surface area contributed by atoms with Crippen LogP contribution in [0.1, 0.15) is 41.7 Å². The normalized spacial score (nSPS) is 15.7. The van der Waals surface area contributed by atoms with E-state index in [4.69, 9.17) is 0 Å². The summed E-state index contributed by atoms with van der Waals surface area (Å²) in [5, 5.41) is 0. The molecule has 0 spiro atoms. The first kappa shape index (κ1) is 14.0. The van der Waals surface area contributed by atoms with Crippen LogP contribution in [0.3, 0.4) is 0 Å². The van der Waals surface area contributed by atoms with Crippen molar-refractivity contribution in [3.63, 3.8) is 0 Å². The van der Waals surface area contributed by atoms with Crippen LogP contribution in [0.25, 0.3) is 22.4 Å². The van der Waals surface area contributed by atoms with Gasteiger partial charge in [0.05, 0.1) is 5.56 Å². The fourth-order valence-corrected chi connectivity index (χ4v) is 4.82. The van der Waals surface area contributed by atoms with Gasteiger partial charge in [0.15, 0.2) is 6.20 Å². The summed E-state index contributed by atoms with van der Waals surface area (Å²) in [6.07, 6.45) is 3.24. The van der Waals surface area contributed by atoms with E-state index < -0.39 is 0 Å².